The molecule has 2 N–H and O–H groups in total. The van der Waals surface area contributed by atoms with Crippen molar-refractivity contribution >= 4 is 63.6 Å². The van der Waals surface area contributed by atoms with Gasteiger partial charge in [-0.3, -0.25) is 9.36 Å². The first-order valence-corrected chi connectivity index (χ1v) is 10.9. The Balaban J connectivity index is 1.37. The topological polar surface area (TPSA) is 59.7 Å². The molecule has 11 heteroatoms. The third-order valence-electron chi connectivity index (χ3n) is 4.48. The Bertz CT molecular complexity index is 1270. The molecule has 0 bridgehead atoms. The molecule has 0 radical (unpaired) electrons. The molecule has 0 amide bonds. The lowest BCUT2D eigenvalue weighted by Gasteiger charge is -2.07. The van der Waals surface area contributed by atoms with Crippen molar-refractivity contribution in [2.45, 2.75) is 13.1 Å². The van der Waals surface area contributed by atoms with E-state index in [2.05, 4.69) is 20.8 Å². The maximum atomic E-state index is 13.9. The molecule has 0 unspecified atom stereocenters. The quantitative estimate of drug-likeness (QED) is 0.308. The predicted octanol–water partition coefficient (Wildman–Crippen LogP) is 6.08. The molecule has 0 spiro atoms. The van der Waals surface area contributed by atoms with Gasteiger partial charge in [0.05, 0.1) is 25.0 Å². The van der Waals surface area contributed by atoms with Gasteiger partial charge >= 0.3 is 0 Å². The van der Waals surface area contributed by atoms with Crippen LogP contribution in [0.15, 0.2) is 61.1 Å². The van der Waals surface area contributed by atoms with Crippen molar-refractivity contribution in [3.05, 3.63) is 93.1 Å². The zero-order valence-corrected chi connectivity index (χ0v) is 19.5. The molecule has 32 heavy (non-hydrogen) atoms. The molecule has 0 atom stereocenters. The van der Waals surface area contributed by atoms with Crippen LogP contribution in [0.3, 0.4) is 0 Å². The number of thiocarbonyl (C=S) groups is 1. The Labute approximate surface area is 203 Å². The van der Waals surface area contributed by atoms with Crippen LogP contribution in [-0.2, 0) is 13.1 Å². The van der Waals surface area contributed by atoms with Gasteiger partial charge < -0.3 is 10.6 Å². The van der Waals surface area contributed by atoms with E-state index in [4.69, 9.17) is 47.0 Å². The second-order valence-corrected chi connectivity index (χ2v) is 8.52. The van der Waals surface area contributed by atoms with Crippen LogP contribution in [0.5, 0.6) is 0 Å². The van der Waals surface area contributed by atoms with E-state index in [1.54, 1.807) is 58.3 Å². The Morgan fingerprint density at radius 2 is 1.72 bits per heavy atom. The summed E-state index contributed by atoms with van der Waals surface area (Å²) in [6, 6.07) is 11.8. The summed E-state index contributed by atoms with van der Waals surface area (Å²) in [5.74, 6) is 0.0589. The summed E-state index contributed by atoms with van der Waals surface area (Å²) in [7, 11) is 0. The largest absolute Gasteiger partial charge is 0.330 e. The van der Waals surface area contributed by atoms with Crippen LogP contribution < -0.4 is 10.6 Å². The summed E-state index contributed by atoms with van der Waals surface area (Å²) in [5, 5.41) is 16.4. The summed E-state index contributed by atoms with van der Waals surface area (Å²) in [6.07, 6.45) is 5.03. The molecule has 0 aliphatic rings. The Morgan fingerprint density at radius 3 is 2.50 bits per heavy atom. The second-order valence-electron chi connectivity index (χ2n) is 6.86. The molecule has 0 aliphatic heterocycles. The zero-order valence-electron chi connectivity index (χ0n) is 16.4. The third kappa shape index (κ3) is 5.58. The van der Waals surface area contributed by atoms with Gasteiger partial charge in [0.2, 0.25) is 0 Å². The normalized spacial score (nSPS) is 10.9. The molecule has 0 saturated heterocycles. The molecule has 4 aromatic rings. The fourth-order valence-corrected chi connectivity index (χ4v) is 3.85. The van der Waals surface area contributed by atoms with E-state index in [0.717, 1.165) is 5.56 Å². The van der Waals surface area contributed by atoms with E-state index >= 15 is 0 Å². The van der Waals surface area contributed by atoms with Crippen molar-refractivity contribution in [1.29, 1.82) is 0 Å². The van der Waals surface area contributed by atoms with Crippen LogP contribution in [0.2, 0.25) is 15.1 Å². The van der Waals surface area contributed by atoms with Gasteiger partial charge in [0.15, 0.2) is 10.9 Å². The molecule has 2 aromatic carbocycles. The minimum atomic E-state index is -0.303. The van der Waals surface area contributed by atoms with Gasteiger partial charge in [0.1, 0.15) is 10.8 Å². The summed E-state index contributed by atoms with van der Waals surface area (Å²) >= 11 is 23.8. The van der Waals surface area contributed by atoms with E-state index in [1.807, 2.05) is 6.07 Å². The average molecular weight is 510 g/mol. The average Bonchev–Trinajstić information content (AvgIpc) is 3.32. The standard InChI is InChI=1S/C21H16Cl3FN6S/c22-15-6-5-13(17(23)7-15)9-30-11-16(8-26-30)27-21(32)28-20-18(24)12-31(29-20)10-14-3-1-2-4-19(14)25/h1-8,11-12H,9-10H2,(H2,27,28,29,32). The molecule has 4 rings (SSSR count). The Kier molecular flexibility index (Phi) is 6.95. The molecule has 2 aromatic heterocycles. The summed E-state index contributed by atoms with van der Waals surface area (Å²) in [5.41, 5.74) is 2.07. The van der Waals surface area contributed by atoms with Crippen molar-refractivity contribution in [2.24, 2.45) is 0 Å². The van der Waals surface area contributed by atoms with Crippen LogP contribution in [0, 0.1) is 5.82 Å². The Morgan fingerprint density at radius 1 is 0.938 bits per heavy atom. The SMILES string of the molecule is Fc1ccccc1Cn1cc(Cl)c(NC(=S)Nc2cnn(Cc3ccc(Cl)cc3Cl)c2)n1. The van der Waals surface area contributed by atoms with E-state index in [0.29, 0.717) is 38.7 Å². The molecule has 0 saturated carbocycles. The maximum absolute atomic E-state index is 13.9. The first kappa shape index (κ1) is 22.5. The number of rotatable bonds is 6. The van der Waals surface area contributed by atoms with Crippen LogP contribution in [-0.4, -0.2) is 24.7 Å². The zero-order chi connectivity index (χ0) is 22.7. The van der Waals surface area contributed by atoms with Gasteiger partial charge in [-0.2, -0.15) is 10.2 Å². The van der Waals surface area contributed by atoms with E-state index < -0.39 is 0 Å². The third-order valence-corrected chi connectivity index (χ3v) is 5.55. The molecular formula is C21H16Cl3FN6S. The monoisotopic (exact) mass is 508 g/mol. The number of anilines is 2. The van der Waals surface area contributed by atoms with E-state index in [1.165, 1.54) is 6.07 Å². The summed E-state index contributed by atoms with van der Waals surface area (Å²) < 4.78 is 17.1. The summed E-state index contributed by atoms with van der Waals surface area (Å²) in [4.78, 5) is 0. The fourth-order valence-electron chi connectivity index (χ4n) is 2.97. The Hall–Kier alpha value is -2.65. The fraction of sp³-hybridized carbons (Fsp3) is 0.0952. The highest BCUT2D eigenvalue weighted by Gasteiger charge is 2.11. The van der Waals surface area contributed by atoms with Crippen molar-refractivity contribution in [3.63, 3.8) is 0 Å². The number of hydrogen-bond acceptors (Lipinski definition) is 3. The lowest BCUT2D eigenvalue weighted by atomic mass is 10.2. The van der Waals surface area contributed by atoms with Crippen molar-refractivity contribution in [2.75, 3.05) is 10.6 Å². The van der Waals surface area contributed by atoms with Gasteiger partial charge in [-0.05, 0) is 36.0 Å². The minimum absolute atomic E-state index is 0.244. The highest BCUT2D eigenvalue weighted by molar-refractivity contribution is 7.80. The maximum Gasteiger partial charge on any atom is 0.176 e. The number of hydrogen-bond donors (Lipinski definition) is 2. The molecule has 0 fully saturated rings. The number of halogens is 4. The van der Waals surface area contributed by atoms with Crippen LogP contribution in [0.25, 0.3) is 0 Å². The highest BCUT2D eigenvalue weighted by atomic mass is 35.5. The molecular weight excluding hydrogens is 494 g/mol. The van der Waals surface area contributed by atoms with E-state index in [9.17, 15) is 4.39 Å². The number of nitrogens with zero attached hydrogens (tertiary/aromatic N) is 4. The molecule has 0 aliphatic carbocycles. The highest BCUT2D eigenvalue weighted by Crippen LogP contribution is 2.23. The number of nitrogens with one attached hydrogen (secondary N) is 2. The second kappa shape index (κ2) is 9.87. The van der Waals surface area contributed by atoms with Crippen molar-refractivity contribution in [1.82, 2.24) is 19.6 Å². The number of benzene rings is 2. The van der Waals surface area contributed by atoms with Gasteiger partial charge in [0.25, 0.3) is 0 Å². The molecule has 164 valence electrons. The summed E-state index contributed by atoms with van der Waals surface area (Å²) in [6.45, 7) is 0.721. The van der Waals surface area contributed by atoms with Gasteiger partial charge in [0, 0.05) is 28.0 Å². The van der Waals surface area contributed by atoms with Crippen molar-refractivity contribution < 1.29 is 4.39 Å². The molecule has 6 nitrogen and oxygen atoms in total. The lowest BCUT2D eigenvalue weighted by molar-refractivity contribution is 0.586. The van der Waals surface area contributed by atoms with Crippen LogP contribution in [0.4, 0.5) is 15.9 Å². The first-order valence-electron chi connectivity index (χ1n) is 9.38. The van der Waals surface area contributed by atoms with Gasteiger partial charge in [-0.25, -0.2) is 4.39 Å². The smallest absolute Gasteiger partial charge is 0.176 e. The molecule has 2 heterocycles. The van der Waals surface area contributed by atoms with Gasteiger partial charge in [-0.15, -0.1) is 0 Å². The van der Waals surface area contributed by atoms with Crippen LogP contribution in [0.1, 0.15) is 11.1 Å². The first-order chi connectivity index (χ1) is 15.4. The van der Waals surface area contributed by atoms with Crippen LogP contribution >= 0.6 is 47.0 Å². The lowest BCUT2D eigenvalue weighted by Crippen LogP contribution is -2.19. The number of aromatic nitrogens is 4. The van der Waals surface area contributed by atoms with Gasteiger partial charge in [-0.1, -0.05) is 59.1 Å². The van der Waals surface area contributed by atoms with Crippen molar-refractivity contribution in [3.8, 4) is 0 Å². The van der Waals surface area contributed by atoms with E-state index in [-0.39, 0.29) is 17.5 Å². The minimum Gasteiger partial charge on any atom is -0.330 e. The predicted molar refractivity (Wildman–Crippen MR) is 130 cm³/mol.